The van der Waals surface area contributed by atoms with Crippen molar-refractivity contribution in [2.75, 3.05) is 0 Å². The lowest BCUT2D eigenvalue weighted by molar-refractivity contribution is 0.0990. The second kappa shape index (κ2) is 7.35. The molecule has 0 spiro atoms. The molecule has 0 saturated heterocycles. The number of hydrogen-bond acceptors (Lipinski definition) is 5. The first-order valence-corrected chi connectivity index (χ1v) is 8.56. The van der Waals surface area contributed by atoms with E-state index in [1.165, 1.54) is 0 Å². The van der Waals surface area contributed by atoms with E-state index in [1.807, 2.05) is 0 Å². The summed E-state index contributed by atoms with van der Waals surface area (Å²) in [4.78, 5) is 15.6. The molecule has 9 heteroatoms. The summed E-state index contributed by atoms with van der Waals surface area (Å²) in [5.74, 6) is -3.22. The number of hydrogen-bond donors (Lipinski definition) is 1. The number of carbonyl (C=O) groups is 1. The van der Waals surface area contributed by atoms with Crippen LogP contribution in [0.25, 0.3) is 11.4 Å². The molecular weight excluding hydrogens is 384 g/mol. The fourth-order valence-corrected chi connectivity index (χ4v) is 2.98. The zero-order chi connectivity index (χ0) is 18.8. The summed E-state index contributed by atoms with van der Waals surface area (Å²) in [6, 6.07) is 9.00. The Bertz CT molecular complexity index is 963. The summed E-state index contributed by atoms with van der Waals surface area (Å²) in [6.45, 7) is 1.64. The van der Waals surface area contributed by atoms with Crippen molar-refractivity contribution in [3.8, 4) is 17.1 Å². The molecule has 134 valence electrons. The largest absolute Gasteiger partial charge is 0.480 e. The first-order valence-electron chi connectivity index (χ1n) is 7.41. The van der Waals surface area contributed by atoms with Gasteiger partial charge in [-0.3, -0.25) is 4.79 Å². The summed E-state index contributed by atoms with van der Waals surface area (Å²) in [7, 11) is 0. The molecule has 3 aromatic rings. The molecule has 1 atom stereocenters. The van der Waals surface area contributed by atoms with Crippen LogP contribution >= 0.6 is 23.1 Å². The van der Waals surface area contributed by atoms with Crippen LogP contribution in [-0.2, 0) is 0 Å². The minimum Gasteiger partial charge on any atom is -0.480 e. The standard InChI is InChI=1S/C17H12ClF2N3O2S/c1-8(25-12-7-6-11(19)13(14(12)20)15(21)24)17-22-16(23-26-17)9-2-4-10(18)5-3-9/h2-8H,1H3,(H2,21,24). The average Bonchev–Trinajstić information content (AvgIpc) is 3.08. The second-order valence-electron chi connectivity index (χ2n) is 5.32. The van der Waals surface area contributed by atoms with Crippen molar-refractivity contribution in [1.82, 2.24) is 9.36 Å². The number of benzene rings is 2. The van der Waals surface area contributed by atoms with E-state index in [1.54, 1.807) is 31.2 Å². The number of carbonyl (C=O) groups excluding carboxylic acids is 1. The molecule has 2 N–H and O–H groups in total. The lowest BCUT2D eigenvalue weighted by atomic mass is 10.1. The van der Waals surface area contributed by atoms with Crippen LogP contribution in [0.2, 0.25) is 5.02 Å². The number of ether oxygens (including phenoxy) is 1. The molecule has 0 aliphatic rings. The van der Waals surface area contributed by atoms with Crippen LogP contribution in [0.4, 0.5) is 8.78 Å². The van der Waals surface area contributed by atoms with Gasteiger partial charge >= 0.3 is 0 Å². The van der Waals surface area contributed by atoms with Gasteiger partial charge in [0.05, 0.1) is 0 Å². The molecule has 1 unspecified atom stereocenters. The van der Waals surface area contributed by atoms with Crippen LogP contribution in [0, 0.1) is 11.6 Å². The normalized spacial score (nSPS) is 12.0. The number of nitrogens with zero attached hydrogens (tertiary/aromatic N) is 2. The molecular formula is C17H12ClF2N3O2S. The molecule has 0 bridgehead atoms. The maximum Gasteiger partial charge on any atom is 0.254 e. The molecule has 26 heavy (non-hydrogen) atoms. The van der Waals surface area contributed by atoms with Crippen molar-refractivity contribution >= 4 is 29.0 Å². The SMILES string of the molecule is CC(Oc1ccc(F)c(C(N)=O)c1F)c1nc(-c2ccc(Cl)cc2)ns1. The van der Waals surface area contributed by atoms with Crippen LogP contribution in [0.3, 0.4) is 0 Å². The Kier molecular flexibility index (Phi) is 5.15. The van der Waals surface area contributed by atoms with Crippen molar-refractivity contribution in [3.63, 3.8) is 0 Å². The van der Waals surface area contributed by atoms with Crippen LogP contribution in [0.15, 0.2) is 36.4 Å². The maximum atomic E-state index is 14.3. The first kappa shape index (κ1) is 18.2. The fourth-order valence-electron chi connectivity index (χ4n) is 2.21. The Morgan fingerprint density at radius 1 is 1.23 bits per heavy atom. The van der Waals surface area contributed by atoms with Gasteiger partial charge in [-0.25, -0.2) is 13.8 Å². The van der Waals surface area contributed by atoms with Crippen LogP contribution in [-0.4, -0.2) is 15.3 Å². The van der Waals surface area contributed by atoms with Crippen molar-refractivity contribution in [3.05, 3.63) is 63.6 Å². The monoisotopic (exact) mass is 395 g/mol. The summed E-state index contributed by atoms with van der Waals surface area (Å²) >= 11 is 6.94. The highest BCUT2D eigenvalue weighted by atomic mass is 35.5. The number of rotatable bonds is 5. The highest BCUT2D eigenvalue weighted by Crippen LogP contribution is 2.30. The molecule has 5 nitrogen and oxygen atoms in total. The fraction of sp³-hybridized carbons (Fsp3) is 0.118. The van der Waals surface area contributed by atoms with E-state index in [4.69, 9.17) is 22.1 Å². The van der Waals surface area contributed by atoms with E-state index < -0.39 is 29.2 Å². The number of amides is 1. The highest BCUT2D eigenvalue weighted by molar-refractivity contribution is 7.05. The lowest BCUT2D eigenvalue weighted by Gasteiger charge is -2.13. The van der Waals surface area contributed by atoms with Gasteiger partial charge in [0.1, 0.15) is 17.5 Å². The summed E-state index contributed by atoms with van der Waals surface area (Å²) in [6.07, 6.45) is -0.672. The molecule has 2 aromatic carbocycles. The zero-order valence-corrected chi connectivity index (χ0v) is 14.9. The van der Waals surface area contributed by atoms with Gasteiger partial charge in [-0.1, -0.05) is 11.6 Å². The minimum absolute atomic E-state index is 0.295. The van der Waals surface area contributed by atoms with Crippen LogP contribution in [0.5, 0.6) is 5.75 Å². The summed E-state index contributed by atoms with van der Waals surface area (Å²) in [5, 5.41) is 1.08. The lowest BCUT2D eigenvalue weighted by Crippen LogP contribution is -2.16. The van der Waals surface area contributed by atoms with E-state index in [0.29, 0.717) is 15.9 Å². The molecule has 1 amide bonds. The molecule has 0 aliphatic heterocycles. The number of aromatic nitrogens is 2. The van der Waals surface area contributed by atoms with E-state index in [0.717, 1.165) is 29.2 Å². The Labute approximate surface area is 156 Å². The molecule has 0 fully saturated rings. The molecule has 1 aromatic heterocycles. The Morgan fingerprint density at radius 3 is 2.58 bits per heavy atom. The number of primary amides is 1. The van der Waals surface area contributed by atoms with Gasteiger partial charge < -0.3 is 10.5 Å². The minimum atomic E-state index is -1.21. The Hall–Kier alpha value is -2.58. The predicted octanol–water partition coefficient (Wildman–Crippen LogP) is 4.38. The van der Waals surface area contributed by atoms with E-state index in [-0.39, 0.29) is 5.75 Å². The summed E-state index contributed by atoms with van der Waals surface area (Å²) in [5.41, 5.74) is 4.93. The van der Waals surface area contributed by atoms with Gasteiger partial charge in [0.25, 0.3) is 5.91 Å². The van der Waals surface area contributed by atoms with Crippen molar-refractivity contribution in [2.24, 2.45) is 5.73 Å². The van der Waals surface area contributed by atoms with Crippen molar-refractivity contribution < 1.29 is 18.3 Å². The van der Waals surface area contributed by atoms with E-state index in [2.05, 4.69) is 9.36 Å². The summed E-state index contributed by atoms with van der Waals surface area (Å²) < 4.78 is 37.5. The van der Waals surface area contributed by atoms with Gasteiger partial charge in [-0.2, -0.15) is 4.37 Å². The third kappa shape index (κ3) is 3.66. The molecule has 0 aliphatic carbocycles. The third-order valence-corrected chi connectivity index (χ3v) is 4.62. The van der Waals surface area contributed by atoms with Gasteiger partial charge in [0.15, 0.2) is 22.4 Å². The quantitative estimate of drug-likeness (QED) is 0.695. The Balaban J connectivity index is 1.83. The number of nitrogens with two attached hydrogens (primary N) is 1. The van der Waals surface area contributed by atoms with E-state index >= 15 is 0 Å². The molecule has 0 saturated carbocycles. The van der Waals surface area contributed by atoms with Crippen molar-refractivity contribution in [1.29, 1.82) is 0 Å². The van der Waals surface area contributed by atoms with Crippen LogP contribution in [0.1, 0.15) is 28.4 Å². The Morgan fingerprint density at radius 2 is 1.92 bits per heavy atom. The van der Waals surface area contributed by atoms with Gasteiger partial charge in [-0.05, 0) is 54.9 Å². The molecule has 3 rings (SSSR count). The molecule has 0 radical (unpaired) electrons. The van der Waals surface area contributed by atoms with Gasteiger partial charge in [0, 0.05) is 10.6 Å². The van der Waals surface area contributed by atoms with Crippen LogP contribution < -0.4 is 10.5 Å². The first-order chi connectivity index (χ1) is 12.4. The molecule has 1 heterocycles. The topological polar surface area (TPSA) is 78.1 Å². The van der Waals surface area contributed by atoms with Crippen molar-refractivity contribution in [2.45, 2.75) is 13.0 Å². The second-order valence-corrected chi connectivity index (χ2v) is 6.54. The number of halogens is 3. The smallest absolute Gasteiger partial charge is 0.254 e. The average molecular weight is 396 g/mol. The maximum absolute atomic E-state index is 14.3. The highest BCUT2D eigenvalue weighted by Gasteiger charge is 2.22. The van der Waals surface area contributed by atoms with Gasteiger partial charge in [-0.15, -0.1) is 0 Å². The predicted molar refractivity (Wildman–Crippen MR) is 94.3 cm³/mol. The zero-order valence-electron chi connectivity index (χ0n) is 13.4. The van der Waals surface area contributed by atoms with Gasteiger partial charge in [0.2, 0.25) is 0 Å². The third-order valence-electron chi connectivity index (χ3n) is 3.50. The van der Waals surface area contributed by atoms with E-state index in [9.17, 15) is 13.6 Å².